The molecule has 1 amide bonds. The van der Waals surface area contributed by atoms with Gasteiger partial charge in [0.1, 0.15) is 5.60 Å². The molecule has 2 fully saturated rings. The molecule has 2 aliphatic rings. The van der Waals surface area contributed by atoms with Crippen LogP contribution in [-0.2, 0) is 22.2 Å². The number of halogens is 3. The molecule has 9 heteroatoms. The van der Waals surface area contributed by atoms with E-state index in [1.165, 1.54) is 6.07 Å². The first-order valence-corrected chi connectivity index (χ1v) is 11.5. The van der Waals surface area contributed by atoms with E-state index in [0.29, 0.717) is 51.6 Å². The smallest absolute Gasteiger partial charge is 0.416 e. The zero-order valence-electron chi connectivity index (χ0n) is 20.2. The first-order valence-electron chi connectivity index (χ1n) is 11.5. The van der Waals surface area contributed by atoms with Crippen molar-refractivity contribution in [3.63, 3.8) is 0 Å². The highest BCUT2D eigenvalue weighted by molar-refractivity contribution is 5.68. The molecule has 0 aromatic heterocycles. The van der Waals surface area contributed by atoms with Crippen LogP contribution in [0.4, 0.5) is 23.7 Å². The van der Waals surface area contributed by atoms with Gasteiger partial charge in [0.15, 0.2) is 0 Å². The average Bonchev–Trinajstić information content (AvgIpc) is 3.07. The molecule has 0 radical (unpaired) electrons. The summed E-state index contributed by atoms with van der Waals surface area (Å²) >= 11 is 0. The number of amides is 1. The molecule has 1 aromatic carbocycles. The van der Waals surface area contributed by atoms with Gasteiger partial charge in [0.05, 0.1) is 18.8 Å². The predicted octanol–water partition coefficient (Wildman–Crippen LogP) is 4.48. The Morgan fingerprint density at radius 1 is 1.18 bits per heavy atom. The van der Waals surface area contributed by atoms with Crippen LogP contribution in [0.3, 0.4) is 0 Å². The molecule has 2 saturated heterocycles. The summed E-state index contributed by atoms with van der Waals surface area (Å²) in [6.45, 7) is 11.7. The number of hydrogen-bond acceptors (Lipinski definition) is 5. The lowest BCUT2D eigenvalue weighted by atomic mass is 9.97. The lowest BCUT2D eigenvalue weighted by Crippen LogP contribution is -2.36. The lowest BCUT2D eigenvalue weighted by Gasteiger charge is -2.30. The average molecular weight is 472 g/mol. The number of likely N-dealkylation sites (tertiary alicyclic amines) is 1. The molecule has 1 aromatic rings. The zero-order valence-corrected chi connectivity index (χ0v) is 20.2. The van der Waals surface area contributed by atoms with E-state index in [0.717, 1.165) is 0 Å². The summed E-state index contributed by atoms with van der Waals surface area (Å²) in [5.41, 5.74) is -0.310. The molecule has 2 aliphatic heterocycles. The molecule has 2 atom stereocenters. The second-order valence-corrected chi connectivity index (χ2v) is 10.3. The van der Waals surface area contributed by atoms with Crippen molar-refractivity contribution in [2.75, 3.05) is 57.9 Å². The number of ether oxygens (including phenoxy) is 2. The Balaban J connectivity index is 1.66. The molecule has 0 bridgehead atoms. The van der Waals surface area contributed by atoms with Crippen LogP contribution >= 0.6 is 0 Å². The third-order valence-electron chi connectivity index (χ3n) is 6.18. The Hall–Kier alpha value is -2.00. The van der Waals surface area contributed by atoms with Crippen LogP contribution in [-0.4, -0.2) is 74.5 Å². The highest BCUT2D eigenvalue weighted by atomic mass is 19.4. The highest BCUT2D eigenvalue weighted by Crippen LogP contribution is 2.36. The summed E-state index contributed by atoms with van der Waals surface area (Å²) in [4.78, 5) is 17.9. The minimum Gasteiger partial charge on any atom is -0.444 e. The molecular weight excluding hydrogens is 435 g/mol. The van der Waals surface area contributed by atoms with Crippen molar-refractivity contribution in [1.82, 2.24) is 9.80 Å². The number of carbonyl (C=O) groups excluding carboxylic acids is 1. The van der Waals surface area contributed by atoms with Crippen molar-refractivity contribution in [2.24, 2.45) is 11.8 Å². The number of anilines is 1. The minimum atomic E-state index is -4.42. The van der Waals surface area contributed by atoms with E-state index in [9.17, 15) is 18.0 Å². The SMILES string of the molecule is CC1CN(C(=O)OC(C)(C)C)CC1CN(C)Cc1ccc(N2CCOCC2)cc1C(F)(F)F. The topological polar surface area (TPSA) is 45.2 Å². The number of hydrogen-bond donors (Lipinski definition) is 0. The molecule has 2 unspecified atom stereocenters. The van der Waals surface area contributed by atoms with Crippen LogP contribution in [0.25, 0.3) is 0 Å². The normalized spacial score (nSPS) is 22.2. The van der Waals surface area contributed by atoms with Crippen molar-refractivity contribution in [1.29, 1.82) is 0 Å². The van der Waals surface area contributed by atoms with Gasteiger partial charge in [-0.3, -0.25) is 0 Å². The first-order chi connectivity index (χ1) is 15.3. The Morgan fingerprint density at radius 2 is 1.85 bits per heavy atom. The van der Waals surface area contributed by atoms with E-state index in [4.69, 9.17) is 9.47 Å². The van der Waals surface area contributed by atoms with Crippen molar-refractivity contribution >= 4 is 11.8 Å². The molecule has 3 rings (SSSR count). The Labute approximate surface area is 194 Å². The Kier molecular flexibility index (Phi) is 7.84. The highest BCUT2D eigenvalue weighted by Gasteiger charge is 2.37. The van der Waals surface area contributed by atoms with Crippen LogP contribution in [0.2, 0.25) is 0 Å². The van der Waals surface area contributed by atoms with Gasteiger partial charge in [-0.2, -0.15) is 13.2 Å². The number of rotatable bonds is 5. The summed E-state index contributed by atoms with van der Waals surface area (Å²) < 4.78 is 52.4. The van der Waals surface area contributed by atoms with Crippen molar-refractivity contribution in [3.05, 3.63) is 29.3 Å². The standard InChI is InChI=1S/C24H36F3N3O3/c1-17-13-30(22(31)33-23(2,3)4)16-19(17)15-28(5)14-18-6-7-20(12-21(18)24(25,26)27)29-8-10-32-11-9-29/h6-7,12,17,19H,8-11,13-16H2,1-5H3. The monoisotopic (exact) mass is 471 g/mol. The minimum absolute atomic E-state index is 0.171. The second-order valence-electron chi connectivity index (χ2n) is 10.3. The van der Waals surface area contributed by atoms with E-state index in [2.05, 4.69) is 6.92 Å². The summed E-state index contributed by atoms with van der Waals surface area (Å²) in [7, 11) is 1.83. The molecule has 0 aliphatic carbocycles. The molecule has 0 spiro atoms. The van der Waals surface area contributed by atoms with Gasteiger partial charge in [-0.25, -0.2) is 4.79 Å². The molecule has 2 heterocycles. The van der Waals surface area contributed by atoms with Crippen molar-refractivity contribution in [3.8, 4) is 0 Å². The maximum absolute atomic E-state index is 13.9. The van der Waals surface area contributed by atoms with Crippen LogP contribution in [0.1, 0.15) is 38.8 Å². The van der Waals surface area contributed by atoms with E-state index in [1.54, 1.807) is 17.0 Å². The summed E-state index contributed by atoms with van der Waals surface area (Å²) in [6.07, 6.45) is -4.76. The van der Waals surface area contributed by atoms with Gasteiger partial charge >= 0.3 is 12.3 Å². The second kappa shape index (κ2) is 10.1. The van der Waals surface area contributed by atoms with Gasteiger partial charge in [-0.1, -0.05) is 13.0 Å². The van der Waals surface area contributed by atoms with Crippen LogP contribution < -0.4 is 4.90 Å². The fourth-order valence-corrected chi connectivity index (χ4v) is 4.49. The van der Waals surface area contributed by atoms with Gasteiger partial charge < -0.3 is 24.2 Å². The van der Waals surface area contributed by atoms with E-state index < -0.39 is 17.3 Å². The van der Waals surface area contributed by atoms with Crippen LogP contribution in [0, 0.1) is 11.8 Å². The predicted molar refractivity (Wildman–Crippen MR) is 121 cm³/mol. The summed E-state index contributed by atoms with van der Waals surface area (Å²) in [6, 6.07) is 4.62. The van der Waals surface area contributed by atoms with Gasteiger partial charge in [0, 0.05) is 45.0 Å². The zero-order chi connectivity index (χ0) is 24.4. The Morgan fingerprint density at radius 3 is 2.45 bits per heavy atom. The van der Waals surface area contributed by atoms with Crippen molar-refractivity contribution in [2.45, 2.75) is 46.0 Å². The molecule has 6 nitrogen and oxygen atoms in total. The molecule has 33 heavy (non-hydrogen) atoms. The van der Waals surface area contributed by atoms with Gasteiger partial charge in [-0.15, -0.1) is 0 Å². The first kappa shape index (κ1) is 25.6. The van der Waals surface area contributed by atoms with Crippen LogP contribution in [0.15, 0.2) is 18.2 Å². The van der Waals surface area contributed by atoms with Gasteiger partial charge in [0.25, 0.3) is 0 Å². The van der Waals surface area contributed by atoms with E-state index in [1.807, 2.05) is 37.6 Å². The summed E-state index contributed by atoms with van der Waals surface area (Å²) in [5.74, 6) is 0.412. The fourth-order valence-electron chi connectivity index (χ4n) is 4.49. The van der Waals surface area contributed by atoms with E-state index in [-0.39, 0.29) is 30.0 Å². The van der Waals surface area contributed by atoms with Gasteiger partial charge in [-0.05, 0) is 57.4 Å². The third-order valence-corrected chi connectivity index (χ3v) is 6.18. The number of nitrogens with zero attached hydrogens (tertiary/aromatic N) is 3. The third kappa shape index (κ3) is 6.99. The van der Waals surface area contributed by atoms with Crippen molar-refractivity contribution < 1.29 is 27.4 Å². The number of carbonyl (C=O) groups is 1. The van der Waals surface area contributed by atoms with Crippen LogP contribution in [0.5, 0.6) is 0 Å². The fraction of sp³-hybridized carbons (Fsp3) is 0.708. The number of alkyl halides is 3. The maximum Gasteiger partial charge on any atom is 0.416 e. The van der Waals surface area contributed by atoms with E-state index >= 15 is 0 Å². The molecular formula is C24H36F3N3O3. The molecule has 0 saturated carbocycles. The quantitative estimate of drug-likeness (QED) is 0.634. The van der Waals surface area contributed by atoms with Gasteiger partial charge in [0.2, 0.25) is 0 Å². The molecule has 186 valence electrons. The Bertz CT molecular complexity index is 819. The number of morpholine rings is 1. The largest absolute Gasteiger partial charge is 0.444 e. The lowest BCUT2D eigenvalue weighted by molar-refractivity contribution is -0.138. The maximum atomic E-state index is 13.9. The summed E-state index contributed by atoms with van der Waals surface area (Å²) in [5, 5.41) is 0. The number of benzene rings is 1. The molecule has 0 N–H and O–H groups in total.